The molecule has 3 rings (SSSR count). The van der Waals surface area contributed by atoms with E-state index in [1.165, 1.54) is 19.7 Å². The van der Waals surface area contributed by atoms with Crippen LogP contribution in [0.2, 0.25) is 0 Å². The maximum atomic E-state index is 12.6. The molecule has 0 atom stereocenters. The van der Waals surface area contributed by atoms with E-state index >= 15 is 0 Å². The molecule has 0 aliphatic rings. The van der Waals surface area contributed by atoms with Gasteiger partial charge in [-0.2, -0.15) is 0 Å². The van der Waals surface area contributed by atoms with Crippen LogP contribution < -0.4 is 17.0 Å². The third kappa shape index (κ3) is 4.09. The zero-order chi connectivity index (χ0) is 22.2. The predicted molar refractivity (Wildman–Crippen MR) is 115 cm³/mol. The van der Waals surface area contributed by atoms with Gasteiger partial charge in [-0.25, -0.2) is 4.79 Å². The lowest BCUT2D eigenvalue weighted by Gasteiger charge is -2.18. The van der Waals surface area contributed by atoms with Crippen molar-refractivity contribution in [3.05, 3.63) is 56.2 Å². The number of thioether (sulfide) groups is 1. The molecule has 9 nitrogen and oxygen atoms in total. The molecule has 2 aromatic heterocycles. The molecular weight excluding hydrogens is 406 g/mol. The van der Waals surface area contributed by atoms with Crippen molar-refractivity contribution < 1.29 is 9.21 Å². The van der Waals surface area contributed by atoms with Crippen LogP contribution in [0.15, 0.2) is 43.5 Å². The molecule has 158 valence electrons. The third-order valence-electron chi connectivity index (χ3n) is 4.72. The molecular formula is C20H23N5O4S. The van der Waals surface area contributed by atoms with E-state index in [0.29, 0.717) is 5.89 Å². The summed E-state index contributed by atoms with van der Waals surface area (Å²) in [6.07, 6.45) is 0. The van der Waals surface area contributed by atoms with Crippen molar-refractivity contribution in [1.29, 1.82) is 0 Å². The van der Waals surface area contributed by atoms with Crippen LogP contribution in [0.5, 0.6) is 0 Å². The number of hydrogen-bond acceptors (Lipinski definition) is 8. The van der Waals surface area contributed by atoms with Crippen molar-refractivity contribution in [2.75, 3.05) is 11.5 Å². The molecule has 0 spiro atoms. The number of nitrogens with zero attached hydrogens (tertiary/aromatic N) is 4. The fourth-order valence-corrected chi connectivity index (χ4v) is 3.45. The highest BCUT2D eigenvalue weighted by atomic mass is 32.2. The van der Waals surface area contributed by atoms with Gasteiger partial charge in [-0.15, -0.1) is 10.2 Å². The predicted octanol–water partition coefficient (Wildman–Crippen LogP) is 1.99. The van der Waals surface area contributed by atoms with E-state index in [2.05, 4.69) is 31.0 Å². The average molecular weight is 430 g/mol. The largest absolute Gasteiger partial charge is 0.411 e. The minimum absolute atomic E-state index is 0.0363. The number of benzene rings is 1. The van der Waals surface area contributed by atoms with Crippen molar-refractivity contribution in [2.45, 2.75) is 31.4 Å². The van der Waals surface area contributed by atoms with Crippen LogP contribution in [0.3, 0.4) is 0 Å². The summed E-state index contributed by atoms with van der Waals surface area (Å²) in [5.74, 6) is -0.493. The fraction of sp³-hybridized carbons (Fsp3) is 0.350. The minimum atomic E-state index is -0.730. The molecule has 0 fully saturated rings. The van der Waals surface area contributed by atoms with E-state index < -0.39 is 17.0 Å². The molecule has 0 radical (unpaired) electrons. The van der Waals surface area contributed by atoms with E-state index in [4.69, 9.17) is 10.2 Å². The summed E-state index contributed by atoms with van der Waals surface area (Å²) in [5.41, 5.74) is 6.24. The van der Waals surface area contributed by atoms with Crippen LogP contribution in [0.1, 0.15) is 36.7 Å². The summed E-state index contributed by atoms with van der Waals surface area (Å²) in [6, 6.07) is 7.83. The number of carbonyl (C=O) groups is 1. The van der Waals surface area contributed by atoms with Gasteiger partial charge in [0.1, 0.15) is 11.4 Å². The molecule has 2 heterocycles. The number of Topliss-reactive ketones (excluding diaryl/α,β-unsaturated/α-hetero) is 1. The highest BCUT2D eigenvalue weighted by Crippen LogP contribution is 2.27. The van der Waals surface area contributed by atoms with E-state index in [9.17, 15) is 14.4 Å². The summed E-state index contributed by atoms with van der Waals surface area (Å²) < 4.78 is 7.54. The van der Waals surface area contributed by atoms with Gasteiger partial charge in [0.25, 0.3) is 10.8 Å². The van der Waals surface area contributed by atoms with Crippen LogP contribution in [0, 0.1) is 0 Å². The molecule has 10 heteroatoms. The van der Waals surface area contributed by atoms with Gasteiger partial charge >= 0.3 is 5.69 Å². The molecule has 0 saturated carbocycles. The van der Waals surface area contributed by atoms with Gasteiger partial charge in [0.05, 0.1) is 5.75 Å². The molecule has 30 heavy (non-hydrogen) atoms. The zero-order valence-electron chi connectivity index (χ0n) is 17.4. The van der Waals surface area contributed by atoms with E-state index in [1.54, 1.807) is 0 Å². The van der Waals surface area contributed by atoms with Gasteiger partial charge in [-0.3, -0.25) is 18.7 Å². The lowest BCUT2D eigenvalue weighted by atomic mass is 9.87. The van der Waals surface area contributed by atoms with Crippen LogP contribution >= 0.6 is 11.8 Å². The van der Waals surface area contributed by atoms with Crippen molar-refractivity contribution in [1.82, 2.24) is 19.3 Å². The maximum Gasteiger partial charge on any atom is 0.332 e. The normalized spacial score (nSPS) is 11.6. The molecule has 0 saturated heterocycles. The van der Waals surface area contributed by atoms with Crippen LogP contribution in [0.4, 0.5) is 5.82 Å². The topological polar surface area (TPSA) is 126 Å². The zero-order valence-corrected chi connectivity index (χ0v) is 18.2. The van der Waals surface area contributed by atoms with E-state index in [-0.39, 0.29) is 27.8 Å². The Bertz CT molecular complexity index is 1220. The number of rotatable bonds is 5. The molecule has 0 unspecified atom stereocenters. The van der Waals surface area contributed by atoms with Gasteiger partial charge in [0.2, 0.25) is 5.89 Å². The highest BCUT2D eigenvalue weighted by Gasteiger charge is 2.21. The minimum Gasteiger partial charge on any atom is -0.411 e. The first-order valence-electron chi connectivity index (χ1n) is 9.16. The lowest BCUT2D eigenvalue weighted by molar-refractivity contribution is 0.102. The van der Waals surface area contributed by atoms with E-state index in [0.717, 1.165) is 26.5 Å². The number of anilines is 1. The van der Waals surface area contributed by atoms with Gasteiger partial charge in [0.15, 0.2) is 5.78 Å². The second-order valence-electron chi connectivity index (χ2n) is 7.88. The fourth-order valence-electron chi connectivity index (χ4n) is 2.82. The summed E-state index contributed by atoms with van der Waals surface area (Å²) in [5, 5.41) is 8.16. The maximum absolute atomic E-state index is 12.6. The van der Waals surface area contributed by atoms with Crippen LogP contribution in [-0.4, -0.2) is 30.9 Å². The first-order valence-corrected chi connectivity index (χ1v) is 10.1. The molecule has 0 amide bonds. The number of aromatic nitrogens is 4. The first-order chi connectivity index (χ1) is 14.0. The second-order valence-corrected chi connectivity index (χ2v) is 8.80. The Balaban J connectivity index is 1.76. The highest BCUT2D eigenvalue weighted by molar-refractivity contribution is 7.99. The summed E-state index contributed by atoms with van der Waals surface area (Å²) >= 11 is 0.999. The third-order valence-corrected chi connectivity index (χ3v) is 5.54. The smallest absolute Gasteiger partial charge is 0.332 e. The number of carbonyl (C=O) groups excluding carboxylic acids is 1. The van der Waals surface area contributed by atoms with Crippen LogP contribution in [0.25, 0.3) is 11.5 Å². The molecule has 3 aromatic rings. The van der Waals surface area contributed by atoms with Crippen molar-refractivity contribution in [3.8, 4) is 11.5 Å². The molecule has 0 aliphatic heterocycles. The average Bonchev–Trinajstić information content (AvgIpc) is 3.18. The lowest BCUT2D eigenvalue weighted by Crippen LogP contribution is -2.41. The van der Waals surface area contributed by atoms with Crippen molar-refractivity contribution in [3.63, 3.8) is 0 Å². The number of nitrogens with two attached hydrogens (primary N) is 1. The van der Waals surface area contributed by atoms with Crippen molar-refractivity contribution >= 4 is 23.4 Å². The summed E-state index contributed by atoms with van der Waals surface area (Å²) in [7, 11) is 2.69. The Morgan fingerprint density at radius 1 is 1.10 bits per heavy atom. The SMILES string of the molecule is Cn1c(N)c(C(=O)CSc2nnc(-c3ccc(C(C)(C)C)cc3)o2)c(=O)n(C)c1=O. The van der Waals surface area contributed by atoms with Gasteiger partial charge in [0, 0.05) is 19.7 Å². The van der Waals surface area contributed by atoms with Crippen molar-refractivity contribution in [2.24, 2.45) is 14.1 Å². The first kappa shape index (κ1) is 21.6. The monoisotopic (exact) mass is 429 g/mol. The summed E-state index contributed by atoms with van der Waals surface area (Å²) in [4.78, 5) is 36.7. The Labute approximate surface area is 176 Å². The van der Waals surface area contributed by atoms with E-state index in [1.807, 2.05) is 24.3 Å². The Morgan fingerprint density at radius 3 is 2.33 bits per heavy atom. The van der Waals surface area contributed by atoms with Crippen LogP contribution in [-0.2, 0) is 19.5 Å². The quantitative estimate of drug-likeness (QED) is 0.482. The number of nitrogen functional groups attached to an aromatic ring is 1. The Morgan fingerprint density at radius 2 is 1.73 bits per heavy atom. The Kier molecular flexibility index (Phi) is 5.71. The van der Waals surface area contributed by atoms with Gasteiger partial charge in [-0.1, -0.05) is 44.7 Å². The number of ketones is 1. The van der Waals surface area contributed by atoms with Gasteiger partial charge in [-0.05, 0) is 23.1 Å². The van der Waals surface area contributed by atoms with Gasteiger partial charge < -0.3 is 10.2 Å². The second kappa shape index (κ2) is 7.94. The molecule has 1 aromatic carbocycles. The molecule has 0 bridgehead atoms. The Hall–Kier alpha value is -3.14. The summed E-state index contributed by atoms with van der Waals surface area (Å²) in [6.45, 7) is 6.39. The number of hydrogen-bond donors (Lipinski definition) is 1. The molecule has 2 N–H and O–H groups in total. The molecule has 0 aliphatic carbocycles. The standard InChI is InChI=1S/C20H23N5O4S/c1-20(2,3)12-8-6-11(7-9-12)16-22-23-18(29-16)30-10-13(26)14-15(21)24(4)19(28)25(5)17(14)27/h6-9H,10,21H2,1-5H3.